The summed E-state index contributed by atoms with van der Waals surface area (Å²) < 4.78 is 37.2. The summed E-state index contributed by atoms with van der Waals surface area (Å²) in [5, 5.41) is 11.0. The molecule has 126 valence electrons. The molecule has 0 saturated carbocycles. The Morgan fingerprint density at radius 3 is 2.46 bits per heavy atom. The van der Waals surface area contributed by atoms with E-state index in [1.165, 1.54) is 0 Å². The van der Waals surface area contributed by atoms with Crippen LogP contribution < -0.4 is 10.1 Å². The van der Waals surface area contributed by atoms with Gasteiger partial charge in [0.05, 0.1) is 18.4 Å². The molecule has 0 bridgehead atoms. The molecule has 2 N–H and O–H groups in total. The maximum absolute atomic E-state index is 14.2. The van der Waals surface area contributed by atoms with Crippen LogP contribution in [0.25, 0.3) is 0 Å². The number of benzene rings is 2. The maximum atomic E-state index is 14.2. The standard InChI is InChI=1S/C16H13F2NO5/c1-23-14-11(17)7-10(15(20)21)13(12(14)18)19-16(22)24-8-9-5-3-2-4-6-9/h2-7H,8H2,1H3,(H,19,22)(H,20,21). The average molecular weight is 337 g/mol. The lowest BCUT2D eigenvalue weighted by Gasteiger charge is -2.13. The van der Waals surface area contributed by atoms with Crippen molar-refractivity contribution in [3.05, 3.63) is 59.2 Å². The Balaban J connectivity index is 2.21. The molecule has 0 atom stereocenters. The summed E-state index contributed by atoms with van der Waals surface area (Å²) in [7, 11) is 1.01. The van der Waals surface area contributed by atoms with Crippen molar-refractivity contribution in [2.45, 2.75) is 6.61 Å². The summed E-state index contributed by atoms with van der Waals surface area (Å²) in [6, 6.07) is 9.22. The van der Waals surface area contributed by atoms with Crippen LogP contribution in [-0.4, -0.2) is 24.3 Å². The smallest absolute Gasteiger partial charge is 0.412 e. The minimum atomic E-state index is -1.62. The zero-order chi connectivity index (χ0) is 17.7. The summed E-state index contributed by atoms with van der Waals surface area (Å²) >= 11 is 0. The Hall–Kier alpha value is -3.16. The normalized spacial score (nSPS) is 10.1. The van der Waals surface area contributed by atoms with E-state index in [0.717, 1.165) is 7.11 Å². The van der Waals surface area contributed by atoms with Crippen molar-refractivity contribution in [3.8, 4) is 5.75 Å². The zero-order valence-electron chi connectivity index (χ0n) is 12.5. The second-order valence-electron chi connectivity index (χ2n) is 4.62. The van der Waals surface area contributed by atoms with Gasteiger partial charge in [-0.2, -0.15) is 0 Å². The van der Waals surface area contributed by atoms with Crippen molar-refractivity contribution < 1.29 is 33.0 Å². The first kappa shape index (κ1) is 17.2. The number of carboxylic acid groups (broad SMARTS) is 1. The van der Waals surface area contributed by atoms with Gasteiger partial charge in [0, 0.05) is 0 Å². The number of rotatable bonds is 5. The van der Waals surface area contributed by atoms with Crippen LogP contribution >= 0.6 is 0 Å². The van der Waals surface area contributed by atoms with Crippen molar-refractivity contribution >= 4 is 17.7 Å². The number of methoxy groups -OCH3 is 1. The molecule has 0 aliphatic carbocycles. The minimum absolute atomic E-state index is 0.102. The van der Waals surface area contributed by atoms with Gasteiger partial charge in [0.2, 0.25) is 0 Å². The first-order chi connectivity index (χ1) is 11.4. The van der Waals surface area contributed by atoms with Crippen LogP contribution in [0.5, 0.6) is 5.75 Å². The quantitative estimate of drug-likeness (QED) is 0.873. The van der Waals surface area contributed by atoms with E-state index in [9.17, 15) is 18.4 Å². The number of halogens is 2. The van der Waals surface area contributed by atoms with Gasteiger partial charge in [0.1, 0.15) is 6.61 Å². The predicted octanol–water partition coefficient (Wildman–Crippen LogP) is 3.42. The van der Waals surface area contributed by atoms with Gasteiger partial charge < -0.3 is 14.6 Å². The molecule has 0 radical (unpaired) electrons. The van der Waals surface area contributed by atoms with Crippen molar-refractivity contribution in [3.63, 3.8) is 0 Å². The van der Waals surface area contributed by atoms with E-state index < -0.39 is 40.7 Å². The molecule has 0 unspecified atom stereocenters. The molecule has 0 fully saturated rings. The molecular weight excluding hydrogens is 324 g/mol. The largest absolute Gasteiger partial charge is 0.491 e. The van der Waals surface area contributed by atoms with Gasteiger partial charge >= 0.3 is 12.1 Å². The molecule has 24 heavy (non-hydrogen) atoms. The van der Waals surface area contributed by atoms with Gasteiger partial charge in [0.15, 0.2) is 17.4 Å². The van der Waals surface area contributed by atoms with Gasteiger partial charge in [-0.25, -0.2) is 18.4 Å². The molecule has 0 aliphatic heterocycles. The SMILES string of the molecule is COc1c(F)cc(C(=O)O)c(NC(=O)OCc2ccccc2)c1F. The molecule has 0 aliphatic rings. The van der Waals surface area contributed by atoms with E-state index in [1.54, 1.807) is 30.3 Å². The summed E-state index contributed by atoms with van der Waals surface area (Å²) in [4.78, 5) is 22.9. The van der Waals surface area contributed by atoms with Crippen LogP contribution in [0.2, 0.25) is 0 Å². The van der Waals surface area contributed by atoms with E-state index in [0.29, 0.717) is 11.6 Å². The molecule has 8 heteroatoms. The molecule has 2 aromatic rings. The van der Waals surface area contributed by atoms with Crippen molar-refractivity contribution in [2.24, 2.45) is 0 Å². The van der Waals surface area contributed by atoms with Crippen molar-refractivity contribution in [1.82, 2.24) is 0 Å². The third kappa shape index (κ3) is 3.78. The Labute approximate surface area is 135 Å². The fourth-order valence-electron chi connectivity index (χ4n) is 1.94. The molecule has 6 nitrogen and oxygen atoms in total. The molecule has 2 aromatic carbocycles. The number of carbonyl (C=O) groups excluding carboxylic acids is 1. The highest BCUT2D eigenvalue weighted by Gasteiger charge is 2.24. The third-order valence-corrected chi connectivity index (χ3v) is 3.05. The van der Waals surface area contributed by atoms with Crippen LogP contribution in [0.4, 0.5) is 19.3 Å². The first-order valence-electron chi connectivity index (χ1n) is 6.71. The van der Waals surface area contributed by atoms with Crippen LogP contribution in [0.3, 0.4) is 0 Å². The van der Waals surface area contributed by atoms with E-state index in [-0.39, 0.29) is 6.61 Å². The second-order valence-corrected chi connectivity index (χ2v) is 4.62. The van der Waals surface area contributed by atoms with Gasteiger partial charge in [-0.05, 0) is 11.6 Å². The molecule has 0 aromatic heterocycles. The summed E-state index contributed by atoms with van der Waals surface area (Å²) in [5.74, 6) is -4.96. The maximum Gasteiger partial charge on any atom is 0.412 e. The number of amides is 1. The average Bonchev–Trinajstić information content (AvgIpc) is 2.56. The lowest BCUT2D eigenvalue weighted by Crippen LogP contribution is -2.18. The van der Waals surface area contributed by atoms with E-state index >= 15 is 0 Å². The number of anilines is 1. The summed E-state index contributed by atoms with van der Waals surface area (Å²) in [5.41, 5.74) is -0.815. The molecule has 1 amide bonds. The van der Waals surface area contributed by atoms with Gasteiger partial charge in [-0.1, -0.05) is 30.3 Å². The molecule has 2 rings (SSSR count). The topological polar surface area (TPSA) is 84.9 Å². The predicted molar refractivity (Wildman–Crippen MR) is 80.1 cm³/mol. The Kier molecular flexibility index (Phi) is 5.31. The van der Waals surface area contributed by atoms with Crippen molar-refractivity contribution in [2.75, 3.05) is 12.4 Å². The van der Waals surface area contributed by atoms with Crippen molar-refractivity contribution in [1.29, 1.82) is 0 Å². The zero-order valence-corrected chi connectivity index (χ0v) is 12.5. The Morgan fingerprint density at radius 2 is 1.88 bits per heavy atom. The minimum Gasteiger partial charge on any atom is -0.491 e. The number of nitrogens with one attached hydrogen (secondary N) is 1. The first-order valence-corrected chi connectivity index (χ1v) is 6.71. The monoisotopic (exact) mass is 337 g/mol. The van der Waals surface area contributed by atoms with Crippen LogP contribution in [-0.2, 0) is 11.3 Å². The Morgan fingerprint density at radius 1 is 1.21 bits per heavy atom. The van der Waals surface area contributed by atoms with Gasteiger partial charge in [0.25, 0.3) is 0 Å². The summed E-state index contributed by atoms with van der Waals surface area (Å²) in [6.45, 7) is -0.102. The fraction of sp³-hybridized carbons (Fsp3) is 0.125. The summed E-state index contributed by atoms with van der Waals surface area (Å²) in [6.07, 6.45) is -1.09. The van der Waals surface area contributed by atoms with Crippen LogP contribution in [0.15, 0.2) is 36.4 Å². The lowest BCUT2D eigenvalue weighted by molar-refractivity contribution is 0.0697. The number of carboxylic acids is 1. The molecule has 0 heterocycles. The fourth-order valence-corrected chi connectivity index (χ4v) is 1.94. The number of hydrogen-bond acceptors (Lipinski definition) is 4. The number of ether oxygens (including phenoxy) is 2. The van der Waals surface area contributed by atoms with Gasteiger partial charge in [-0.3, -0.25) is 5.32 Å². The third-order valence-electron chi connectivity index (χ3n) is 3.05. The highest BCUT2D eigenvalue weighted by atomic mass is 19.1. The highest BCUT2D eigenvalue weighted by Crippen LogP contribution is 2.31. The molecular formula is C16H13F2NO5. The Bertz CT molecular complexity index is 765. The van der Waals surface area contributed by atoms with Gasteiger partial charge in [-0.15, -0.1) is 0 Å². The van der Waals surface area contributed by atoms with E-state index in [1.807, 2.05) is 5.32 Å². The molecule has 0 spiro atoms. The molecule has 0 saturated heterocycles. The number of carbonyl (C=O) groups is 2. The number of hydrogen-bond donors (Lipinski definition) is 2. The lowest BCUT2D eigenvalue weighted by atomic mass is 10.1. The van der Waals surface area contributed by atoms with E-state index in [2.05, 4.69) is 4.74 Å². The second kappa shape index (κ2) is 7.40. The van der Waals surface area contributed by atoms with E-state index in [4.69, 9.17) is 9.84 Å². The highest BCUT2D eigenvalue weighted by molar-refractivity contribution is 5.99. The van der Waals surface area contributed by atoms with Crippen LogP contribution in [0, 0.1) is 11.6 Å². The number of aromatic carboxylic acids is 1. The van der Waals surface area contributed by atoms with Crippen LogP contribution in [0.1, 0.15) is 15.9 Å².